The monoisotopic (exact) mass is 286 g/mol. The number of nitrogens with zero attached hydrogens (tertiary/aromatic N) is 1. The summed E-state index contributed by atoms with van der Waals surface area (Å²) in [4.78, 5) is 12.0. The third-order valence-corrected chi connectivity index (χ3v) is 3.01. The molecule has 1 aliphatic heterocycles. The highest BCUT2D eigenvalue weighted by molar-refractivity contribution is 5.97. The number of amides is 1. The highest BCUT2D eigenvalue weighted by Gasteiger charge is 2.27. The number of rotatable bonds is 3. The number of nitrogens with one attached hydrogen (secondary N) is 1. The van der Waals surface area contributed by atoms with E-state index in [-0.39, 0.29) is 12.5 Å². The van der Waals surface area contributed by atoms with Crippen molar-refractivity contribution in [1.29, 1.82) is 0 Å². The Labute approximate surface area is 121 Å². The minimum Gasteiger partial charge on any atom is -0.485 e. The third kappa shape index (κ3) is 2.89. The Bertz CT molecular complexity index is 664. The van der Waals surface area contributed by atoms with E-state index in [2.05, 4.69) is 10.5 Å². The molecule has 1 aliphatic rings. The fourth-order valence-corrected chi connectivity index (χ4v) is 1.90. The summed E-state index contributed by atoms with van der Waals surface area (Å²) in [5.74, 6) is 1.42. The summed E-state index contributed by atoms with van der Waals surface area (Å²) in [7, 11) is 0. The standard InChI is InChI=1S/C15H14N2O4/c1-10(11-7-4-8-19-11)16-17-15(18)14-9-20-12-5-2-3-6-13(12)21-14/h2-8,14H,9H2,1H3,(H,17,18)/b16-10+/t14-/m0/s1. The summed E-state index contributed by atoms with van der Waals surface area (Å²) in [6.07, 6.45) is 0.818. The van der Waals surface area contributed by atoms with Crippen LogP contribution in [0.25, 0.3) is 0 Å². The molecule has 0 unspecified atom stereocenters. The summed E-state index contributed by atoms with van der Waals surface area (Å²) in [5, 5.41) is 3.99. The summed E-state index contributed by atoms with van der Waals surface area (Å²) in [6.45, 7) is 1.89. The van der Waals surface area contributed by atoms with Crippen molar-refractivity contribution in [2.24, 2.45) is 5.10 Å². The molecular formula is C15H14N2O4. The lowest BCUT2D eigenvalue weighted by Gasteiger charge is -2.24. The predicted octanol–water partition coefficient (Wildman–Crippen LogP) is 1.96. The largest absolute Gasteiger partial charge is 0.485 e. The van der Waals surface area contributed by atoms with Crippen molar-refractivity contribution in [3.8, 4) is 11.5 Å². The van der Waals surface area contributed by atoms with Gasteiger partial charge in [-0.05, 0) is 31.2 Å². The van der Waals surface area contributed by atoms with E-state index in [0.29, 0.717) is 23.0 Å². The Balaban J connectivity index is 1.63. The molecule has 1 N–H and O–H groups in total. The van der Waals surface area contributed by atoms with Gasteiger partial charge in [-0.2, -0.15) is 5.10 Å². The van der Waals surface area contributed by atoms with Gasteiger partial charge in [-0.15, -0.1) is 0 Å². The van der Waals surface area contributed by atoms with Gasteiger partial charge in [-0.3, -0.25) is 4.79 Å². The molecule has 1 atom stereocenters. The topological polar surface area (TPSA) is 73.1 Å². The second kappa shape index (κ2) is 5.70. The van der Waals surface area contributed by atoms with Crippen molar-refractivity contribution in [3.05, 3.63) is 48.4 Å². The van der Waals surface area contributed by atoms with E-state index in [1.165, 1.54) is 0 Å². The van der Waals surface area contributed by atoms with Crippen LogP contribution in [-0.4, -0.2) is 24.3 Å². The molecular weight excluding hydrogens is 272 g/mol. The number of para-hydroxylation sites is 2. The molecule has 21 heavy (non-hydrogen) atoms. The zero-order valence-electron chi connectivity index (χ0n) is 11.4. The van der Waals surface area contributed by atoms with Crippen molar-refractivity contribution in [2.45, 2.75) is 13.0 Å². The van der Waals surface area contributed by atoms with Crippen molar-refractivity contribution in [3.63, 3.8) is 0 Å². The molecule has 6 heteroatoms. The van der Waals surface area contributed by atoms with E-state index in [9.17, 15) is 4.79 Å². The van der Waals surface area contributed by atoms with Gasteiger partial charge in [0, 0.05) is 0 Å². The second-order valence-corrected chi connectivity index (χ2v) is 4.51. The summed E-state index contributed by atoms with van der Waals surface area (Å²) >= 11 is 0. The molecule has 0 aliphatic carbocycles. The molecule has 0 bridgehead atoms. The van der Waals surface area contributed by atoms with Gasteiger partial charge in [0.2, 0.25) is 6.10 Å². The molecule has 2 heterocycles. The lowest BCUT2D eigenvalue weighted by atomic mass is 10.2. The van der Waals surface area contributed by atoms with Crippen LogP contribution in [0.5, 0.6) is 11.5 Å². The lowest BCUT2D eigenvalue weighted by molar-refractivity contribution is -0.130. The van der Waals surface area contributed by atoms with Crippen LogP contribution < -0.4 is 14.9 Å². The van der Waals surface area contributed by atoms with Crippen LogP contribution in [0.3, 0.4) is 0 Å². The number of benzene rings is 1. The number of furan rings is 1. The van der Waals surface area contributed by atoms with E-state index in [4.69, 9.17) is 13.9 Å². The fourth-order valence-electron chi connectivity index (χ4n) is 1.90. The van der Waals surface area contributed by atoms with Crippen molar-refractivity contribution >= 4 is 11.6 Å². The van der Waals surface area contributed by atoms with E-state index < -0.39 is 6.10 Å². The molecule has 1 aromatic heterocycles. The Morgan fingerprint density at radius 3 is 2.81 bits per heavy atom. The Hall–Kier alpha value is -2.76. The molecule has 1 amide bonds. The minimum atomic E-state index is -0.729. The van der Waals surface area contributed by atoms with Gasteiger partial charge in [-0.1, -0.05) is 12.1 Å². The molecule has 0 radical (unpaired) electrons. The normalized spacial score (nSPS) is 17.4. The van der Waals surface area contributed by atoms with Crippen LogP contribution in [0.2, 0.25) is 0 Å². The van der Waals surface area contributed by atoms with E-state index in [0.717, 1.165) is 0 Å². The first-order valence-corrected chi connectivity index (χ1v) is 6.50. The van der Waals surface area contributed by atoms with Crippen LogP contribution in [0, 0.1) is 0 Å². The smallest absolute Gasteiger partial charge is 0.284 e. The van der Waals surface area contributed by atoms with Crippen LogP contribution in [0.1, 0.15) is 12.7 Å². The molecule has 2 aromatic rings. The predicted molar refractivity (Wildman–Crippen MR) is 75.4 cm³/mol. The Morgan fingerprint density at radius 2 is 2.05 bits per heavy atom. The number of carbonyl (C=O) groups excluding carboxylic acids is 1. The van der Waals surface area contributed by atoms with Crippen LogP contribution in [0.15, 0.2) is 52.2 Å². The Kier molecular flexibility index (Phi) is 3.59. The number of ether oxygens (including phenoxy) is 2. The van der Waals surface area contributed by atoms with Gasteiger partial charge in [0.05, 0.1) is 6.26 Å². The summed E-state index contributed by atoms with van der Waals surface area (Å²) in [6, 6.07) is 10.7. The first-order valence-electron chi connectivity index (χ1n) is 6.50. The number of carbonyl (C=O) groups is 1. The maximum atomic E-state index is 12.0. The first-order chi connectivity index (χ1) is 10.2. The quantitative estimate of drug-likeness (QED) is 0.691. The third-order valence-electron chi connectivity index (χ3n) is 3.01. The van der Waals surface area contributed by atoms with E-state index in [1.807, 2.05) is 12.1 Å². The van der Waals surface area contributed by atoms with Gasteiger partial charge in [0.25, 0.3) is 5.91 Å². The van der Waals surface area contributed by atoms with Gasteiger partial charge in [-0.25, -0.2) is 5.43 Å². The van der Waals surface area contributed by atoms with E-state index in [1.54, 1.807) is 37.5 Å². The zero-order chi connectivity index (χ0) is 14.7. The number of fused-ring (bicyclic) bond motifs is 1. The van der Waals surface area contributed by atoms with Crippen LogP contribution >= 0.6 is 0 Å². The van der Waals surface area contributed by atoms with Gasteiger partial charge >= 0.3 is 0 Å². The average Bonchev–Trinajstić information content (AvgIpc) is 3.06. The summed E-state index contributed by atoms with van der Waals surface area (Å²) < 4.78 is 16.3. The maximum absolute atomic E-state index is 12.0. The number of hydrogen-bond donors (Lipinski definition) is 1. The van der Waals surface area contributed by atoms with Gasteiger partial charge in [0.1, 0.15) is 18.1 Å². The highest BCUT2D eigenvalue weighted by atomic mass is 16.6. The molecule has 0 saturated heterocycles. The first kappa shape index (κ1) is 13.2. The van der Waals surface area contributed by atoms with Crippen LogP contribution in [0.4, 0.5) is 0 Å². The fraction of sp³-hybridized carbons (Fsp3) is 0.200. The van der Waals surface area contributed by atoms with E-state index >= 15 is 0 Å². The number of hydrogen-bond acceptors (Lipinski definition) is 5. The van der Waals surface area contributed by atoms with Gasteiger partial charge in [0.15, 0.2) is 11.5 Å². The van der Waals surface area contributed by atoms with Crippen molar-refractivity contribution in [2.75, 3.05) is 6.61 Å². The van der Waals surface area contributed by atoms with Crippen LogP contribution in [-0.2, 0) is 4.79 Å². The molecule has 3 rings (SSSR count). The summed E-state index contributed by atoms with van der Waals surface area (Å²) in [5.41, 5.74) is 3.03. The van der Waals surface area contributed by atoms with Crippen molar-refractivity contribution in [1.82, 2.24) is 5.43 Å². The highest BCUT2D eigenvalue weighted by Crippen LogP contribution is 2.30. The Morgan fingerprint density at radius 1 is 1.24 bits per heavy atom. The van der Waals surface area contributed by atoms with Crippen molar-refractivity contribution < 1.29 is 18.7 Å². The number of hydrazone groups is 1. The maximum Gasteiger partial charge on any atom is 0.284 e. The van der Waals surface area contributed by atoms with Gasteiger partial charge < -0.3 is 13.9 Å². The molecule has 0 spiro atoms. The average molecular weight is 286 g/mol. The molecule has 108 valence electrons. The molecule has 0 saturated carbocycles. The minimum absolute atomic E-state index is 0.151. The molecule has 6 nitrogen and oxygen atoms in total. The zero-order valence-corrected chi connectivity index (χ0v) is 11.4. The molecule has 1 aromatic carbocycles. The molecule has 0 fully saturated rings. The second-order valence-electron chi connectivity index (χ2n) is 4.51. The lowest BCUT2D eigenvalue weighted by Crippen LogP contribution is -2.42. The SMILES string of the molecule is C/C(=N\NC(=O)[C@@H]1COc2ccccc2O1)c1ccco1.